The molecule has 0 aliphatic heterocycles. The predicted molar refractivity (Wildman–Crippen MR) is 67.3 cm³/mol. The lowest BCUT2D eigenvalue weighted by molar-refractivity contribution is 0.229. The SMILES string of the molecule is CCN(CCCNC1CCCC1)C(C)C. The lowest BCUT2D eigenvalue weighted by Crippen LogP contribution is -2.34. The van der Waals surface area contributed by atoms with Crippen LogP contribution in [0.3, 0.4) is 0 Å². The fourth-order valence-electron chi connectivity index (χ4n) is 2.50. The third kappa shape index (κ3) is 4.98. The van der Waals surface area contributed by atoms with Crippen molar-refractivity contribution in [3.63, 3.8) is 0 Å². The van der Waals surface area contributed by atoms with Crippen LogP contribution in [0.4, 0.5) is 0 Å². The molecule has 0 aromatic rings. The molecule has 1 fully saturated rings. The maximum absolute atomic E-state index is 3.67. The van der Waals surface area contributed by atoms with E-state index in [0.29, 0.717) is 6.04 Å². The van der Waals surface area contributed by atoms with Crippen molar-refractivity contribution in [1.82, 2.24) is 10.2 Å². The summed E-state index contributed by atoms with van der Waals surface area (Å²) in [5.41, 5.74) is 0. The van der Waals surface area contributed by atoms with Gasteiger partial charge in [0.05, 0.1) is 0 Å². The topological polar surface area (TPSA) is 15.3 Å². The molecule has 2 heteroatoms. The summed E-state index contributed by atoms with van der Waals surface area (Å²) in [5.74, 6) is 0. The molecule has 0 aromatic heterocycles. The van der Waals surface area contributed by atoms with Gasteiger partial charge in [-0.05, 0) is 52.7 Å². The van der Waals surface area contributed by atoms with Gasteiger partial charge in [-0.15, -0.1) is 0 Å². The van der Waals surface area contributed by atoms with Gasteiger partial charge >= 0.3 is 0 Å². The van der Waals surface area contributed by atoms with E-state index in [4.69, 9.17) is 0 Å². The summed E-state index contributed by atoms with van der Waals surface area (Å²) in [6.07, 6.45) is 6.97. The molecule has 1 aliphatic carbocycles. The smallest absolute Gasteiger partial charge is 0.00670 e. The van der Waals surface area contributed by atoms with Crippen molar-refractivity contribution in [2.75, 3.05) is 19.6 Å². The van der Waals surface area contributed by atoms with Gasteiger partial charge in [0, 0.05) is 12.1 Å². The zero-order chi connectivity index (χ0) is 11.1. The molecule has 0 saturated heterocycles. The molecule has 1 aliphatic rings. The van der Waals surface area contributed by atoms with Crippen molar-refractivity contribution in [1.29, 1.82) is 0 Å². The highest BCUT2D eigenvalue weighted by molar-refractivity contribution is 4.73. The molecule has 1 N–H and O–H groups in total. The Kier molecular flexibility index (Phi) is 6.26. The first-order valence-corrected chi connectivity index (χ1v) is 6.71. The quantitative estimate of drug-likeness (QED) is 0.653. The first-order valence-electron chi connectivity index (χ1n) is 6.71. The molecule has 2 nitrogen and oxygen atoms in total. The Morgan fingerprint density at radius 1 is 1.27 bits per heavy atom. The van der Waals surface area contributed by atoms with Crippen LogP contribution in [0.1, 0.15) is 52.9 Å². The number of hydrogen-bond donors (Lipinski definition) is 1. The Labute approximate surface area is 95.4 Å². The summed E-state index contributed by atoms with van der Waals surface area (Å²) < 4.78 is 0. The monoisotopic (exact) mass is 212 g/mol. The molecule has 0 aromatic carbocycles. The summed E-state index contributed by atoms with van der Waals surface area (Å²) in [4.78, 5) is 2.54. The predicted octanol–water partition coefficient (Wildman–Crippen LogP) is 2.64. The first-order chi connectivity index (χ1) is 7.24. The zero-order valence-electron chi connectivity index (χ0n) is 10.8. The average molecular weight is 212 g/mol. The van der Waals surface area contributed by atoms with Crippen LogP contribution in [0.2, 0.25) is 0 Å². The second kappa shape index (κ2) is 7.24. The Morgan fingerprint density at radius 2 is 1.93 bits per heavy atom. The van der Waals surface area contributed by atoms with Gasteiger partial charge in [-0.25, -0.2) is 0 Å². The van der Waals surface area contributed by atoms with E-state index in [9.17, 15) is 0 Å². The van der Waals surface area contributed by atoms with E-state index in [1.165, 1.54) is 51.7 Å². The highest BCUT2D eigenvalue weighted by atomic mass is 15.1. The molecule has 0 spiro atoms. The normalized spacial score (nSPS) is 18.2. The minimum atomic E-state index is 0.696. The van der Waals surface area contributed by atoms with Crippen LogP contribution in [-0.4, -0.2) is 36.6 Å². The van der Waals surface area contributed by atoms with Gasteiger partial charge < -0.3 is 10.2 Å². The van der Waals surface area contributed by atoms with Crippen molar-refractivity contribution < 1.29 is 0 Å². The molecule has 0 unspecified atom stereocenters. The summed E-state index contributed by atoms with van der Waals surface area (Å²) in [6.45, 7) is 10.5. The number of rotatable bonds is 7. The third-order valence-electron chi connectivity index (χ3n) is 3.55. The lowest BCUT2D eigenvalue weighted by Gasteiger charge is -2.25. The molecule has 15 heavy (non-hydrogen) atoms. The molecule has 1 saturated carbocycles. The van der Waals surface area contributed by atoms with E-state index in [2.05, 4.69) is 31.0 Å². The molecule has 90 valence electrons. The van der Waals surface area contributed by atoms with Gasteiger partial charge in [0.2, 0.25) is 0 Å². The van der Waals surface area contributed by atoms with E-state index >= 15 is 0 Å². The highest BCUT2D eigenvalue weighted by Crippen LogP contribution is 2.17. The maximum atomic E-state index is 3.67. The molecule has 0 heterocycles. The van der Waals surface area contributed by atoms with Crippen molar-refractivity contribution in [2.45, 2.75) is 65.0 Å². The van der Waals surface area contributed by atoms with Crippen molar-refractivity contribution in [3.05, 3.63) is 0 Å². The third-order valence-corrected chi connectivity index (χ3v) is 3.55. The van der Waals surface area contributed by atoms with E-state index in [1.54, 1.807) is 0 Å². The fraction of sp³-hybridized carbons (Fsp3) is 1.00. The van der Waals surface area contributed by atoms with Crippen molar-refractivity contribution in [3.8, 4) is 0 Å². The number of hydrogen-bond acceptors (Lipinski definition) is 2. The minimum Gasteiger partial charge on any atom is -0.314 e. The van der Waals surface area contributed by atoms with Crippen LogP contribution >= 0.6 is 0 Å². The summed E-state index contributed by atoms with van der Waals surface area (Å²) >= 11 is 0. The largest absolute Gasteiger partial charge is 0.314 e. The van der Waals surface area contributed by atoms with Crippen LogP contribution in [0, 0.1) is 0 Å². The molecular formula is C13H28N2. The zero-order valence-corrected chi connectivity index (χ0v) is 10.8. The minimum absolute atomic E-state index is 0.696. The van der Waals surface area contributed by atoms with Gasteiger partial charge in [0.25, 0.3) is 0 Å². The lowest BCUT2D eigenvalue weighted by atomic mass is 10.2. The molecule has 1 rings (SSSR count). The maximum Gasteiger partial charge on any atom is 0.00670 e. The second-order valence-electron chi connectivity index (χ2n) is 5.01. The highest BCUT2D eigenvalue weighted by Gasteiger charge is 2.13. The Bertz CT molecular complexity index is 151. The van der Waals surface area contributed by atoms with Gasteiger partial charge in [-0.3, -0.25) is 0 Å². The number of nitrogens with one attached hydrogen (secondary N) is 1. The van der Waals surface area contributed by atoms with Crippen LogP contribution < -0.4 is 5.32 Å². The second-order valence-corrected chi connectivity index (χ2v) is 5.01. The van der Waals surface area contributed by atoms with Crippen molar-refractivity contribution in [2.24, 2.45) is 0 Å². The summed E-state index contributed by atoms with van der Waals surface area (Å²) in [6, 6.07) is 1.53. The van der Waals surface area contributed by atoms with Gasteiger partial charge in [-0.2, -0.15) is 0 Å². The summed E-state index contributed by atoms with van der Waals surface area (Å²) in [7, 11) is 0. The van der Waals surface area contributed by atoms with E-state index in [1.807, 2.05) is 0 Å². The molecular weight excluding hydrogens is 184 g/mol. The van der Waals surface area contributed by atoms with Gasteiger partial charge in [-0.1, -0.05) is 19.8 Å². The average Bonchev–Trinajstić information content (AvgIpc) is 2.70. The Morgan fingerprint density at radius 3 is 2.47 bits per heavy atom. The van der Waals surface area contributed by atoms with Crippen LogP contribution in [0.15, 0.2) is 0 Å². The van der Waals surface area contributed by atoms with Crippen LogP contribution in [-0.2, 0) is 0 Å². The van der Waals surface area contributed by atoms with Gasteiger partial charge in [0.1, 0.15) is 0 Å². The molecule has 0 amide bonds. The summed E-state index contributed by atoms with van der Waals surface area (Å²) in [5, 5.41) is 3.67. The Hall–Kier alpha value is -0.0800. The van der Waals surface area contributed by atoms with Crippen LogP contribution in [0.5, 0.6) is 0 Å². The van der Waals surface area contributed by atoms with E-state index < -0.39 is 0 Å². The molecule has 0 atom stereocenters. The molecule has 0 radical (unpaired) electrons. The fourth-order valence-corrected chi connectivity index (χ4v) is 2.50. The van der Waals surface area contributed by atoms with E-state index in [-0.39, 0.29) is 0 Å². The molecule has 0 bridgehead atoms. The number of nitrogens with zero attached hydrogens (tertiary/aromatic N) is 1. The van der Waals surface area contributed by atoms with E-state index in [0.717, 1.165) is 6.04 Å². The Balaban J connectivity index is 1.99. The van der Waals surface area contributed by atoms with Crippen LogP contribution in [0.25, 0.3) is 0 Å². The van der Waals surface area contributed by atoms with Gasteiger partial charge in [0.15, 0.2) is 0 Å². The standard InChI is InChI=1S/C13H28N2/c1-4-15(12(2)3)11-7-10-14-13-8-5-6-9-13/h12-14H,4-11H2,1-3H3. The first kappa shape index (κ1) is 13.0. The van der Waals surface area contributed by atoms with Crippen molar-refractivity contribution >= 4 is 0 Å².